The smallest absolute Gasteiger partial charge is 0.323 e. The molecule has 4 nitrogen and oxygen atoms in total. The van der Waals surface area contributed by atoms with Crippen molar-refractivity contribution in [2.45, 2.75) is 25.3 Å². The highest BCUT2D eigenvalue weighted by Gasteiger charge is 2.36. The third-order valence-corrected chi connectivity index (χ3v) is 3.49. The molecule has 0 radical (unpaired) electrons. The van der Waals surface area contributed by atoms with E-state index in [4.69, 9.17) is 9.47 Å². The fourth-order valence-electron chi connectivity index (χ4n) is 2.16. The molecule has 1 N–H and O–H groups in total. The van der Waals surface area contributed by atoms with E-state index in [1.165, 1.54) is 12.7 Å². The van der Waals surface area contributed by atoms with Gasteiger partial charge in [0.15, 0.2) is 0 Å². The third-order valence-electron chi connectivity index (χ3n) is 3.49. The van der Waals surface area contributed by atoms with Crippen LogP contribution in [-0.4, -0.2) is 32.8 Å². The first-order chi connectivity index (χ1) is 9.24. The Morgan fingerprint density at radius 2 is 2.00 bits per heavy atom. The van der Waals surface area contributed by atoms with E-state index in [0.717, 1.165) is 31.6 Å². The van der Waals surface area contributed by atoms with E-state index in [1.54, 1.807) is 7.11 Å². The van der Waals surface area contributed by atoms with Crippen molar-refractivity contribution in [2.24, 2.45) is 5.92 Å². The molecule has 1 aliphatic carbocycles. The minimum absolute atomic E-state index is 0.136. The summed E-state index contributed by atoms with van der Waals surface area (Å²) in [4.78, 5) is 11.6. The Labute approximate surface area is 114 Å². The van der Waals surface area contributed by atoms with Crippen LogP contribution in [0.2, 0.25) is 0 Å². The number of nitrogens with one attached hydrogen (secondary N) is 1. The van der Waals surface area contributed by atoms with Crippen molar-refractivity contribution in [3.05, 3.63) is 29.8 Å². The third kappa shape index (κ3) is 3.96. The van der Waals surface area contributed by atoms with Gasteiger partial charge in [0, 0.05) is 0 Å². The number of carbonyl (C=O) groups excluding carboxylic acids is 1. The molecule has 1 atom stereocenters. The predicted octanol–water partition coefficient (Wildman–Crippen LogP) is 1.78. The Morgan fingerprint density at radius 1 is 1.32 bits per heavy atom. The number of methoxy groups -OCH3 is 2. The van der Waals surface area contributed by atoms with Gasteiger partial charge in [0.25, 0.3) is 0 Å². The van der Waals surface area contributed by atoms with Gasteiger partial charge >= 0.3 is 5.97 Å². The molecular formula is C15H21NO3. The van der Waals surface area contributed by atoms with Gasteiger partial charge in [-0.1, -0.05) is 12.1 Å². The van der Waals surface area contributed by atoms with Gasteiger partial charge < -0.3 is 14.8 Å². The van der Waals surface area contributed by atoms with Crippen molar-refractivity contribution in [3.63, 3.8) is 0 Å². The Morgan fingerprint density at radius 3 is 2.53 bits per heavy atom. The molecule has 0 aromatic heterocycles. The molecule has 0 spiro atoms. The monoisotopic (exact) mass is 263 g/mol. The lowest BCUT2D eigenvalue weighted by Crippen LogP contribution is -2.40. The standard InChI is InChI=1S/C15H21NO3/c1-18-13-7-3-11(4-8-13)9-10-16-14(12-5-6-12)15(17)19-2/h3-4,7-8,12,14,16H,5-6,9-10H2,1-2H3. The Balaban J connectivity index is 1.79. The van der Waals surface area contributed by atoms with E-state index >= 15 is 0 Å². The zero-order valence-electron chi connectivity index (χ0n) is 11.5. The lowest BCUT2D eigenvalue weighted by Gasteiger charge is -2.15. The maximum atomic E-state index is 11.6. The fraction of sp³-hybridized carbons (Fsp3) is 0.533. The largest absolute Gasteiger partial charge is 0.497 e. The van der Waals surface area contributed by atoms with E-state index in [0.29, 0.717) is 5.92 Å². The van der Waals surface area contributed by atoms with Crippen LogP contribution in [0.5, 0.6) is 5.75 Å². The Bertz CT molecular complexity index is 412. The van der Waals surface area contributed by atoms with Crippen molar-refractivity contribution in [3.8, 4) is 5.75 Å². The normalized spacial score (nSPS) is 15.9. The molecule has 104 valence electrons. The van der Waals surface area contributed by atoms with Crippen molar-refractivity contribution in [1.29, 1.82) is 0 Å². The van der Waals surface area contributed by atoms with Crippen LogP contribution in [0.4, 0.5) is 0 Å². The number of esters is 1. The Hall–Kier alpha value is -1.55. The van der Waals surface area contributed by atoms with Crippen molar-refractivity contribution in [1.82, 2.24) is 5.32 Å². The highest BCUT2D eigenvalue weighted by molar-refractivity contribution is 5.76. The number of carbonyl (C=O) groups is 1. The lowest BCUT2D eigenvalue weighted by atomic mass is 10.1. The highest BCUT2D eigenvalue weighted by atomic mass is 16.5. The van der Waals surface area contributed by atoms with Gasteiger partial charge in [-0.3, -0.25) is 4.79 Å². The van der Waals surface area contributed by atoms with Gasteiger partial charge in [-0.25, -0.2) is 0 Å². The number of rotatable bonds is 7. The fourth-order valence-corrected chi connectivity index (χ4v) is 2.16. The van der Waals surface area contributed by atoms with E-state index in [1.807, 2.05) is 24.3 Å². The molecule has 2 rings (SSSR count). The first-order valence-corrected chi connectivity index (χ1v) is 6.68. The minimum Gasteiger partial charge on any atom is -0.497 e. The van der Waals surface area contributed by atoms with Crippen LogP contribution in [-0.2, 0) is 16.0 Å². The number of benzene rings is 1. The molecule has 1 aromatic rings. The molecule has 1 saturated carbocycles. The van der Waals surface area contributed by atoms with Crippen LogP contribution in [0.1, 0.15) is 18.4 Å². The highest BCUT2D eigenvalue weighted by Crippen LogP contribution is 2.33. The molecule has 1 fully saturated rings. The summed E-state index contributed by atoms with van der Waals surface area (Å²) in [6.07, 6.45) is 3.13. The quantitative estimate of drug-likeness (QED) is 0.762. The van der Waals surface area contributed by atoms with Crippen molar-refractivity contribution < 1.29 is 14.3 Å². The molecule has 0 heterocycles. The summed E-state index contributed by atoms with van der Waals surface area (Å²) in [6.45, 7) is 0.780. The second-order valence-electron chi connectivity index (χ2n) is 4.89. The summed E-state index contributed by atoms with van der Waals surface area (Å²) in [5, 5.41) is 3.30. The zero-order valence-corrected chi connectivity index (χ0v) is 11.5. The van der Waals surface area contributed by atoms with Crippen LogP contribution in [0.15, 0.2) is 24.3 Å². The van der Waals surface area contributed by atoms with Crippen LogP contribution in [0.25, 0.3) is 0 Å². The number of hydrogen-bond donors (Lipinski definition) is 1. The second kappa shape index (κ2) is 6.57. The molecule has 19 heavy (non-hydrogen) atoms. The van der Waals surface area contributed by atoms with Crippen LogP contribution >= 0.6 is 0 Å². The van der Waals surface area contributed by atoms with Crippen LogP contribution < -0.4 is 10.1 Å². The van der Waals surface area contributed by atoms with E-state index in [-0.39, 0.29) is 12.0 Å². The molecule has 1 aliphatic rings. The summed E-state index contributed by atoms with van der Waals surface area (Å²) < 4.78 is 9.95. The van der Waals surface area contributed by atoms with Crippen LogP contribution in [0.3, 0.4) is 0 Å². The molecule has 4 heteroatoms. The molecule has 0 amide bonds. The maximum absolute atomic E-state index is 11.6. The van der Waals surface area contributed by atoms with Gasteiger partial charge in [-0.2, -0.15) is 0 Å². The SMILES string of the molecule is COC(=O)C(NCCc1ccc(OC)cc1)C1CC1. The van der Waals surface area contributed by atoms with E-state index in [2.05, 4.69) is 5.32 Å². The van der Waals surface area contributed by atoms with E-state index < -0.39 is 0 Å². The van der Waals surface area contributed by atoms with Gasteiger partial charge in [0.05, 0.1) is 14.2 Å². The Kier molecular flexibility index (Phi) is 4.80. The first-order valence-electron chi connectivity index (χ1n) is 6.68. The minimum atomic E-state index is -0.141. The summed E-state index contributed by atoms with van der Waals surface area (Å²) in [5.74, 6) is 1.18. The average Bonchev–Trinajstić information content (AvgIpc) is 3.28. The maximum Gasteiger partial charge on any atom is 0.323 e. The van der Waals surface area contributed by atoms with Gasteiger partial charge in [0.2, 0.25) is 0 Å². The zero-order chi connectivity index (χ0) is 13.7. The summed E-state index contributed by atoms with van der Waals surface area (Å²) >= 11 is 0. The van der Waals surface area contributed by atoms with E-state index in [9.17, 15) is 4.79 Å². The number of hydrogen-bond acceptors (Lipinski definition) is 4. The molecule has 0 bridgehead atoms. The van der Waals surface area contributed by atoms with Gasteiger partial charge in [-0.05, 0) is 49.4 Å². The summed E-state index contributed by atoms with van der Waals surface area (Å²) in [5.41, 5.74) is 1.23. The lowest BCUT2D eigenvalue weighted by molar-refractivity contribution is -0.143. The van der Waals surface area contributed by atoms with Crippen LogP contribution in [0, 0.1) is 5.92 Å². The molecule has 0 saturated heterocycles. The topological polar surface area (TPSA) is 47.6 Å². The number of ether oxygens (including phenoxy) is 2. The molecule has 0 aliphatic heterocycles. The van der Waals surface area contributed by atoms with Gasteiger partial charge in [0.1, 0.15) is 11.8 Å². The predicted molar refractivity (Wildman–Crippen MR) is 73.2 cm³/mol. The summed E-state index contributed by atoms with van der Waals surface area (Å²) in [6, 6.07) is 7.86. The van der Waals surface area contributed by atoms with Gasteiger partial charge in [-0.15, -0.1) is 0 Å². The average molecular weight is 263 g/mol. The second-order valence-corrected chi connectivity index (χ2v) is 4.89. The molecular weight excluding hydrogens is 242 g/mol. The van der Waals surface area contributed by atoms with Crippen molar-refractivity contribution >= 4 is 5.97 Å². The first kappa shape index (κ1) is 13.9. The molecule has 1 unspecified atom stereocenters. The summed E-state index contributed by atoms with van der Waals surface area (Å²) in [7, 11) is 3.11. The molecule has 1 aromatic carbocycles. The van der Waals surface area contributed by atoms with Crippen molar-refractivity contribution in [2.75, 3.05) is 20.8 Å².